The highest BCUT2D eigenvalue weighted by atomic mass is 16.4. The fourth-order valence-electron chi connectivity index (χ4n) is 3.05. The van der Waals surface area contributed by atoms with Gasteiger partial charge < -0.3 is 8.98 Å². The molecule has 6 heteroatoms. The third kappa shape index (κ3) is 3.82. The Morgan fingerprint density at radius 2 is 1.74 bits per heavy atom. The highest BCUT2D eigenvalue weighted by Crippen LogP contribution is 2.15. The van der Waals surface area contributed by atoms with Gasteiger partial charge in [0.2, 0.25) is 5.89 Å². The van der Waals surface area contributed by atoms with Crippen LogP contribution in [0.5, 0.6) is 0 Å². The highest BCUT2D eigenvalue weighted by molar-refractivity contribution is 5.05. The van der Waals surface area contributed by atoms with E-state index in [1.165, 1.54) is 5.69 Å². The van der Waals surface area contributed by atoms with E-state index in [0.717, 1.165) is 56.6 Å². The van der Waals surface area contributed by atoms with Crippen molar-refractivity contribution in [1.82, 2.24) is 24.3 Å². The van der Waals surface area contributed by atoms with Crippen LogP contribution in [0.1, 0.15) is 42.9 Å². The van der Waals surface area contributed by atoms with Gasteiger partial charge in [-0.1, -0.05) is 0 Å². The van der Waals surface area contributed by atoms with E-state index in [1.807, 2.05) is 26.4 Å². The number of hydrogen-bond acceptors (Lipinski definition) is 5. The standard InChI is InChI=1S/C17H27N5O/c1-13(2)22-12-18-9-16(22)10-20-5-7-21(8-6-20)11-17-19-14(3)15(4)23-17/h9,12-13H,5-8,10-11H2,1-4H3. The fraction of sp³-hybridized carbons (Fsp3) is 0.647. The van der Waals surface area contributed by atoms with Crippen molar-refractivity contribution in [2.24, 2.45) is 0 Å². The first-order chi connectivity index (χ1) is 11.0. The van der Waals surface area contributed by atoms with Crippen LogP contribution in [0.2, 0.25) is 0 Å². The van der Waals surface area contributed by atoms with Gasteiger partial charge in [-0.3, -0.25) is 9.80 Å². The third-order valence-corrected chi connectivity index (χ3v) is 4.58. The maximum absolute atomic E-state index is 5.69. The molecule has 6 nitrogen and oxygen atoms in total. The van der Waals surface area contributed by atoms with Crippen LogP contribution in [0.25, 0.3) is 0 Å². The molecule has 0 unspecified atom stereocenters. The number of hydrogen-bond donors (Lipinski definition) is 0. The number of nitrogens with zero attached hydrogens (tertiary/aromatic N) is 5. The Hall–Kier alpha value is -1.66. The zero-order valence-corrected chi connectivity index (χ0v) is 14.6. The lowest BCUT2D eigenvalue weighted by atomic mass is 10.2. The maximum Gasteiger partial charge on any atom is 0.208 e. The number of imidazole rings is 1. The largest absolute Gasteiger partial charge is 0.444 e. The summed E-state index contributed by atoms with van der Waals surface area (Å²) in [6.45, 7) is 14.4. The quantitative estimate of drug-likeness (QED) is 0.847. The number of aryl methyl sites for hydroxylation is 2. The van der Waals surface area contributed by atoms with E-state index in [4.69, 9.17) is 4.42 Å². The molecule has 1 saturated heterocycles. The van der Waals surface area contributed by atoms with E-state index < -0.39 is 0 Å². The summed E-state index contributed by atoms with van der Waals surface area (Å²) >= 11 is 0. The van der Waals surface area contributed by atoms with Gasteiger partial charge in [0.05, 0.1) is 24.3 Å². The molecular formula is C17H27N5O. The zero-order chi connectivity index (χ0) is 16.4. The molecule has 0 amide bonds. The molecule has 1 fully saturated rings. The van der Waals surface area contributed by atoms with Crippen LogP contribution in [0.3, 0.4) is 0 Å². The van der Waals surface area contributed by atoms with E-state index in [2.05, 4.69) is 38.2 Å². The molecular weight excluding hydrogens is 290 g/mol. The number of oxazole rings is 1. The van der Waals surface area contributed by atoms with Crippen molar-refractivity contribution in [3.8, 4) is 0 Å². The first-order valence-electron chi connectivity index (χ1n) is 8.41. The average molecular weight is 317 g/mol. The predicted octanol–water partition coefficient (Wildman–Crippen LogP) is 2.39. The molecule has 0 atom stereocenters. The number of piperazine rings is 1. The van der Waals surface area contributed by atoms with Crippen molar-refractivity contribution < 1.29 is 4.42 Å². The van der Waals surface area contributed by atoms with Gasteiger partial charge in [0.1, 0.15) is 5.76 Å². The van der Waals surface area contributed by atoms with E-state index in [1.54, 1.807) is 0 Å². The highest BCUT2D eigenvalue weighted by Gasteiger charge is 2.20. The Bertz CT molecular complexity index is 618. The number of rotatable bonds is 5. The Morgan fingerprint density at radius 3 is 2.30 bits per heavy atom. The molecule has 0 bridgehead atoms. The molecule has 2 aromatic heterocycles. The predicted molar refractivity (Wildman–Crippen MR) is 89.1 cm³/mol. The molecule has 0 aliphatic carbocycles. The molecule has 0 radical (unpaired) electrons. The van der Waals surface area contributed by atoms with Crippen LogP contribution in [0.4, 0.5) is 0 Å². The molecule has 126 valence electrons. The van der Waals surface area contributed by atoms with E-state index in [9.17, 15) is 0 Å². The lowest BCUT2D eigenvalue weighted by molar-refractivity contribution is 0.112. The average Bonchev–Trinajstić information content (AvgIpc) is 3.08. The minimum absolute atomic E-state index is 0.463. The second-order valence-electron chi connectivity index (χ2n) is 6.69. The van der Waals surface area contributed by atoms with Crippen LogP contribution in [-0.4, -0.2) is 50.5 Å². The van der Waals surface area contributed by atoms with Crippen LogP contribution in [0, 0.1) is 13.8 Å². The van der Waals surface area contributed by atoms with Gasteiger partial charge in [-0.2, -0.15) is 0 Å². The Labute approximate surface area is 138 Å². The molecule has 0 spiro atoms. The van der Waals surface area contributed by atoms with Crippen LogP contribution in [-0.2, 0) is 13.1 Å². The van der Waals surface area contributed by atoms with Gasteiger partial charge in [0.25, 0.3) is 0 Å². The molecule has 1 aliphatic heterocycles. The molecule has 0 aromatic carbocycles. The fourth-order valence-corrected chi connectivity index (χ4v) is 3.05. The summed E-state index contributed by atoms with van der Waals surface area (Å²) in [6.07, 6.45) is 3.92. The Kier molecular flexibility index (Phi) is 4.82. The second-order valence-corrected chi connectivity index (χ2v) is 6.69. The molecule has 0 N–H and O–H groups in total. The van der Waals surface area contributed by atoms with E-state index in [0.29, 0.717) is 6.04 Å². The van der Waals surface area contributed by atoms with Gasteiger partial charge in [0.15, 0.2) is 0 Å². The summed E-state index contributed by atoms with van der Waals surface area (Å²) in [5.41, 5.74) is 2.30. The van der Waals surface area contributed by atoms with Crippen LogP contribution in [0.15, 0.2) is 16.9 Å². The molecule has 2 aromatic rings. The van der Waals surface area contributed by atoms with Gasteiger partial charge in [-0.25, -0.2) is 9.97 Å². The van der Waals surface area contributed by atoms with Crippen molar-refractivity contribution in [3.63, 3.8) is 0 Å². The molecule has 0 saturated carbocycles. The summed E-state index contributed by atoms with van der Waals surface area (Å²) in [7, 11) is 0. The minimum atomic E-state index is 0.463. The van der Waals surface area contributed by atoms with Crippen molar-refractivity contribution >= 4 is 0 Å². The Balaban J connectivity index is 1.51. The Morgan fingerprint density at radius 1 is 1.09 bits per heavy atom. The van der Waals surface area contributed by atoms with Gasteiger partial charge in [0, 0.05) is 45.0 Å². The summed E-state index contributed by atoms with van der Waals surface area (Å²) in [5, 5.41) is 0. The van der Waals surface area contributed by atoms with Crippen LogP contribution < -0.4 is 0 Å². The van der Waals surface area contributed by atoms with Crippen molar-refractivity contribution in [2.45, 2.75) is 46.8 Å². The maximum atomic E-state index is 5.69. The first kappa shape index (κ1) is 16.2. The molecule has 23 heavy (non-hydrogen) atoms. The normalized spacial score (nSPS) is 17.3. The first-order valence-corrected chi connectivity index (χ1v) is 8.41. The molecule has 1 aliphatic rings. The second kappa shape index (κ2) is 6.84. The zero-order valence-electron chi connectivity index (χ0n) is 14.6. The third-order valence-electron chi connectivity index (χ3n) is 4.58. The smallest absolute Gasteiger partial charge is 0.208 e. The summed E-state index contributed by atoms with van der Waals surface area (Å²) in [6, 6.07) is 0.463. The monoisotopic (exact) mass is 317 g/mol. The van der Waals surface area contributed by atoms with Gasteiger partial charge in [-0.15, -0.1) is 0 Å². The number of aromatic nitrogens is 3. The van der Waals surface area contributed by atoms with Gasteiger partial charge >= 0.3 is 0 Å². The SMILES string of the molecule is Cc1nc(CN2CCN(Cc3cncn3C(C)C)CC2)oc1C. The topological polar surface area (TPSA) is 50.3 Å². The van der Waals surface area contributed by atoms with Crippen molar-refractivity contribution in [2.75, 3.05) is 26.2 Å². The molecule has 3 rings (SSSR count). The lowest BCUT2D eigenvalue weighted by Crippen LogP contribution is -2.45. The summed E-state index contributed by atoms with van der Waals surface area (Å²) < 4.78 is 7.95. The lowest BCUT2D eigenvalue weighted by Gasteiger charge is -2.34. The summed E-state index contributed by atoms with van der Waals surface area (Å²) in [4.78, 5) is 13.7. The minimum Gasteiger partial charge on any atom is -0.444 e. The van der Waals surface area contributed by atoms with Crippen molar-refractivity contribution in [3.05, 3.63) is 35.6 Å². The molecule has 3 heterocycles. The summed E-state index contributed by atoms with van der Waals surface area (Å²) in [5.74, 6) is 1.77. The van der Waals surface area contributed by atoms with E-state index in [-0.39, 0.29) is 0 Å². The van der Waals surface area contributed by atoms with Gasteiger partial charge in [-0.05, 0) is 27.7 Å². The van der Waals surface area contributed by atoms with Crippen LogP contribution >= 0.6 is 0 Å². The van der Waals surface area contributed by atoms with Crippen molar-refractivity contribution in [1.29, 1.82) is 0 Å². The van der Waals surface area contributed by atoms with E-state index >= 15 is 0 Å².